The van der Waals surface area contributed by atoms with Crippen molar-refractivity contribution < 1.29 is 14.4 Å². The SMILES string of the molecule is CC(=O)C(=O)Nc1ccc(C(CN2CCCC2)[N+](C)(C(C)=O)c2ccc(Cl)c(Cl)c2)cc1. The number of Topliss-reactive ketones (excluding diaryl/α,β-unsaturated/α-hetero) is 1. The van der Waals surface area contributed by atoms with Crippen molar-refractivity contribution in [1.82, 2.24) is 9.38 Å². The molecular weight excluding hydrogens is 449 g/mol. The lowest BCUT2D eigenvalue weighted by Crippen LogP contribution is -2.55. The highest BCUT2D eigenvalue weighted by molar-refractivity contribution is 6.42. The first-order chi connectivity index (χ1) is 15.1. The predicted octanol–water partition coefficient (Wildman–Crippen LogP) is 4.84. The van der Waals surface area contributed by atoms with Crippen molar-refractivity contribution in [1.29, 1.82) is 0 Å². The van der Waals surface area contributed by atoms with Gasteiger partial charge in [-0.25, -0.2) is 9.28 Å². The monoisotopic (exact) mass is 476 g/mol. The van der Waals surface area contributed by atoms with E-state index in [0.717, 1.165) is 37.2 Å². The number of carbonyl (C=O) groups excluding carboxylic acids is 3. The van der Waals surface area contributed by atoms with Gasteiger partial charge in [0.25, 0.3) is 5.91 Å². The fourth-order valence-electron chi connectivity index (χ4n) is 4.14. The van der Waals surface area contributed by atoms with Crippen LogP contribution in [0.4, 0.5) is 11.4 Å². The second-order valence-electron chi connectivity index (χ2n) is 8.35. The lowest BCUT2D eigenvalue weighted by atomic mass is 10.00. The quantitative estimate of drug-likeness (QED) is 0.458. The fraction of sp³-hybridized carbons (Fsp3) is 0.375. The first-order valence-electron chi connectivity index (χ1n) is 10.6. The second-order valence-corrected chi connectivity index (χ2v) is 9.16. The van der Waals surface area contributed by atoms with E-state index in [1.807, 2.05) is 25.2 Å². The molecule has 8 heteroatoms. The summed E-state index contributed by atoms with van der Waals surface area (Å²) in [7, 11) is 1.90. The van der Waals surface area contributed by atoms with Crippen molar-refractivity contribution in [3.05, 3.63) is 58.1 Å². The maximum Gasteiger partial charge on any atom is 0.315 e. The summed E-state index contributed by atoms with van der Waals surface area (Å²) in [5, 5.41) is 3.42. The molecule has 0 aliphatic carbocycles. The Morgan fingerprint density at radius 2 is 1.62 bits per heavy atom. The van der Waals surface area contributed by atoms with Gasteiger partial charge in [0.05, 0.1) is 30.6 Å². The molecule has 2 amide bonds. The second kappa shape index (κ2) is 10.1. The van der Waals surface area contributed by atoms with Crippen LogP contribution in [0.2, 0.25) is 10.0 Å². The highest BCUT2D eigenvalue weighted by Gasteiger charge is 2.42. The number of benzene rings is 2. The number of amides is 2. The molecule has 0 aromatic heterocycles. The smallest absolute Gasteiger partial charge is 0.315 e. The number of ketones is 1. The normalized spacial score (nSPS) is 16.9. The number of hydrogen-bond acceptors (Lipinski definition) is 4. The molecule has 1 aliphatic heterocycles. The van der Waals surface area contributed by atoms with E-state index in [0.29, 0.717) is 22.3 Å². The minimum atomic E-state index is -0.661. The van der Waals surface area contributed by atoms with Crippen LogP contribution >= 0.6 is 23.2 Å². The Balaban J connectivity index is 2.03. The minimum Gasteiger partial charge on any atom is -0.319 e. The Bertz CT molecular complexity index is 1020. The number of quaternary nitrogens is 1. The standard InChI is InChI=1S/C24H27Cl2N3O3/c1-16(30)24(32)27-19-8-6-18(7-9-19)23(15-28-12-4-5-13-28)29(3,17(2)31)20-10-11-21(25)22(26)14-20/h6-11,14,23H,4-5,12-13,15H2,1-3H3/p+1. The van der Waals surface area contributed by atoms with Gasteiger partial charge < -0.3 is 5.32 Å². The highest BCUT2D eigenvalue weighted by Crippen LogP contribution is 2.38. The molecule has 0 radical (unpaired) electrons. The van der Waals surface area contributed by atoms with E-state index in [4.69, 9.17) is 23.2 Å². The van der Waals surface area contributed by atoms with E-state index in [2.05, 4.69) is 10.2 Å². The van der Waals surface area contributed by atoms with Gasteiger partial charge in [0.15, 0.2) is 0 Å². The lowest BCUT2D eigenvalue weighted by molar-refractivity contribution is -0.133. The number of carbonyl (C=O) groups is 3. The molecule has 2 unspecified atom stereocenters. The summed E-state index contributed by atoms with van der Waals surface area (Å²) in [6.07, 6.45) is 2.28. The molecule has 1 saturated heterocycles. The summed E-state index contributed by atoms with van der Waals surface area (Å²) < 4.78 is 0.0204. The number of hydrogen-bond donors (Lipinski definition) is 1. The molecule has 0 spiro atoms. The van der Waals surface area contributed by atoms with Crippen molar-refractivity contribution >= 4 is 52.2 Å². The van der Waals surface area contributed by atoms with Crippen molar-refractivity contribution in [3.8, 4) is 0 Å². The van der Waals surface area contributed by atoms with Gasteiger partial charge in [-0.15, -0.1) is 0 Å². The van der Waals surface area contributed by atoms with Crippen LogP contribution in [0, 0.1) is 0 Å². The van der Waals surface area contributed by atoms with E-state index < -0.39 is 11.7 Å². The molecule has 1 heterocycles. The zero-order valence-electron chi connectivity index (χ0n) is 18.5. The predicted molar refractivity (Wildman–Crippen MR) is 129 cm³/mol. The van der Waals surface area contributed by atoms with Crippen molar-refractivity contribution in [2.75, 3.05) is 32.0 Å². The van der Waals surface area contributed by atoms with Crippen LogP contribution in [0.25, 0.3) is 0 Å². The molecule has 1 fully saturated rings. The molecule has 0 saturated carbocycles. The maximum atomic E-state index is 13.1. The number of nitrogens with one attached hydrogen (secondary N) is 1. The Hall–Kier alpha value is -2.25. The summed E-state index contributed by atoms with van der Waals surface area (Å²) in [5.41, 5.74) is 2.23. The first kappa shape index (κ1) is 24.4. The summed E-state index contributed by atoms with van der Waals surface area (Å²) in [5.74, 6) is -1.24. The molecule has 2 aromatic rings. The molecule has 1 N–H and O–H groups in total. The molecule has 6 nitrogen and oxygen atoms in total. The fourth-order valence-corrected chi connectivity index (χ4v) is 4.43. The molecule has 3 rings (SSSR count). The molecule has 32 heavy (non-hydrogen) atoms. The van der Waals surface area contributed by atoms with Crippen molar-refractivity contribution in [3.63, 3.8) is 0 Å². The zero-order valence-corrected chi connectivity index (χ0v) is 20.0. The third kappa shape index (κ3) is 5.21. The number of likely N-dealkylation sites (N-methyl/N-ethyl adjacent to an activating group) is 1. The van der Waals surface area contributed by atoms with Crippen LogP contribution in [0.3, 0.4) is 0 Å². The van der Waals surface area contributed by atoms with Crippen LogP contribution in [-0.2, 0) is 14.4 Å². The summed E-state index contributed by atoms with van der Waals surface area (Å²) in [6.45, 7) is 5.48. The Morgan fingerprint density at radius 1 is 1.00 bits per heavy atom. The Labute approximate surface area is 198 Å². The van der Waals surface area contributed by atoms with Gasteiger partial charge in [0.2, 0.25) is 5.78 Å². The number of likely N-dealkylation sites (tertiary alicyclic amines) is 1. The van der Waals surface area contributed by atoms with Gasteiger partial charge in [-0.1, -0.05) is 35.3 Å². The number of anilines is 1. The van der Waals surface area contributed by atoms with Gasteiger partial charge >= 0.3 is 5.91 Å². The Morgan fingerprint density at radius 3 is 2.16 bits per heavy atom. The molecular formula is C24H28Cl2N3O3+. The summed E-state index contributed by atoms with van der Waals surface area (Å²) in [4.78, 5) is 38.5. The van der Waals surface area contributed by atoms with Gasteiger partial charge in [0.1, 0.15) is 11.7 Å². The number of rotatable bonds is 7. The maximum absolute atomic E-state index is 13.1. The van der Waals surface area contributed by atoms with E-state index in [-0.39, 0.29) is 16.4 Å². The van der Waals surface area contributed by atoms with Crippen LogP contribution < -0.4 is 9.80 Å². The third-order valence-electron chi connectivity index (χ3n) is 6.22. The lowest BCUT2D eigenvalue weighted by Gasteiger charge is -2.40. The van der Waals surface area contributed by atoms with E-state index in [1.165, 1.54) is 6.92 Å². The molecule has 2 atom stereocenters. The van der Waals surface area contributed by atoms with Gasteiger partial charge in [-0.2, -0.15) is 0 Å². The largest absolute Gasteiger partial charge is 0.319 e. The minimum absolute atomic E-state index is 0.0204. The Kier molecular flexibility index (Phi) is 7.72. The average Bonchev–Trinajstić information content (AvgIpc) is 3.27. The zero-order chi connectivity index (χ0) is 23.5. The number of halogens is 2. The topological polar surface area (TPSA) is 66.5 Å². The molecule has 0 bridgehead atoms. The number of nitrogens with zero attached hydrogens (tertiary/aromatic N) is 2. The van der Waals surface area contributed by atoms with Crippen LogP contribution in [0.15, 0.2) is 42.5 Å². The van der Waals surface area contributed by atoms with E-state index in [1.54, 1.807) is 31.2 Å². The third-order valence-corrected chi connectivity index (χ3v) is 6.96. The summed E-state index contributed by atoms with van der Waals surface area (Å²) in [6, 6.07) is 12.4. The average molecular weight is 477 g/mol. The molecule has 1 aliphatic rings. The van der Waals surface area contributed by atoms with Crippen LogP contribution in [0.1, 0.15) is 38.3 Å². The summed E-state index contributed by atoms with van der Waals surface area (Å²) >= 11 is 12.4. The van der Waals surface area contributed by atoms with Crippen LogP contribution in [0.5, 0.6) is 0 Å². The molecule has 170 valence electrons. The van der Waals surface area contributed by atoms with Gasteiger partial charge in [0, 0.05) is 30.3 Å². The van der Waals surface area contributed by atoms with E-state index >= 15 is 0 Å². The van der Waals surface area contributed by atoms with Crippen molar-refractivity contribution in [2.45, 2.75) is 32.7 Å². The van der Waals surface area contributed by atoms with E-state index in [9.17, 15) is 14.4 Å². The first-order valence-corrected chi connectivity index (χ1v) is 11.4. The van der Waals surface area contributed by atoms with Crippen LogP contribution in [-0.4, -0.2) is 49.2 Å². The highest BCUT2D eigenvalue weighted by atomic mass is 35.5. The van der Waals surface area contributed by atoms with Gasteiger partial charge in [-0.3, -0.25) is 14.5 Å². The van der Waals surface area contributed by atoms with Gasteiger partial charge in [-0.05, 0) is 44.1 Å². The molecule has 2 aromatic carbocycles. The van der Waals surface area contributed by atoms with Crippen molar-refractivity contribution in [2.24, 2.45) is 0 Å².